The molecule has 0 aliphatic heterocycles. The van der Waals surface area contributed by atoms with E-state index in [-0.39, 0.29) is 17.7 Å². The predicted octanol–water partition coefficient (Wildman–Crippen LogP) is 4.59. The van der Waals surface area contributed by atoms with Crippen LogP contribution in [0.25, 0.3) is 0 Å². The first-order chi connectivity index (χ1) is 9.93. The highest BCUT2D eigenvalue weighted by Crippen LogP contribution is 2.30. The lowest BCUT2D eigenvalue weighted by Gasteiger charge is -2.24. The smallest absolute Gasteiger partial charge is 0.128 e. The van der Waals surface area contributed by atoms with Gasteiger partial charge in [-0.3, -0.25) is 0 Å². The van der Waals surface area contributed by atoms with Gasteiger partial charge in [0.2, 0.25) is 0 Å². The van der Waals surface area contributed by atoms with Crippen LogP contribution < -0.4 is 5.32 Å². The molecular weight excluding hydrogens is 268 g/mol. The van der Waals surface area contributed by atoms with Gasteiger partial charge in [-0.2, -0.15) is 0 Å². The van der Waals surface area contributed by atoms with Crippen LogP contribution in [-0.2, 0) is 0 Å². The van der Waals surface area contributed by atoms with E-state index in [2.05, 4.69) is 5.32 Å². The Morgan fingerprint density at radius 2 is 1.62 bits per heavy atom. The Bertz CT molecular complexity index is 627. The minimum absolute atomic E-state index is 0.241. The fourth-order valence-electron chi connectivity index (χ4n) is 2.83. The zero-order valence-corrected chi connectivity index (χ0v) is 12.9. The van der Waals surface area contributed by atoms with E-state index in [1.807, 2.05) is 33.8 Å². The van der Waals surface area contributed by atoms with Crippen molar-refractivity contribution in [3.8, 4) is 0 Å². The highest BCUT2D eigenvalue weighted by atomic mass is 19.1. The summed E-state index contributed by atoms with van der Waals surface area (Å²) >= 11 is 0. The Morgan fingerprint density at radius 3 is 2.19 bits per heavy atom. The maximum atomic E-state index is 14.3. The number of halogens is 2. The number of nitrogens with one attached hydrogen (secondary N) is 1. The maximum absolute atomic E-state index is 14.3. The first-order valence-corrected chi connectivity index (χ1v) is 7.20. The van der Waals surface area contributed by atoms with Crippen LogP contribution in [0.4, 0.5) is 8.78 Å². The van der Waals surface area contributed by atoms with Gasteiger partial charge in [0.15, 0.2) is 0 Å². The SMILES string of the molecule is CCNC(c1cc(C)ccc1F)c1c(C)cc(F)cc1C. The Labute approximate surface area is 125 Å². The van der Waals surface area contributed by atoms with Crippen molar-refractivity contribution in [3.05, 3.63) is 69.8 Å². The zero-order valence-electron chi connectivity index (χ0n) is 12.9. The molecule has 0 amide bonds. The van der Waals surface area contributed by atoms with Crippen molar-refractivity contribution in [3.63, 3.8) is 0 Å². The summed E-state index contributed by atoms with van der Waals surface area (Å²) in [6, 6.07) is 7.83. The molecule has 2 aromatic carbocycles. The molecule has 0 spiro atoms. The standard InChI is InChI=1S/C18H21F2N/c1-5-21-18(15-8-11(2)6-7-16(15)20)17-12(3)9-14(19)10-13(17)4/h6-10,18,21H,5H2,1-4H3. The molecule has 1 unspecified atom stereocenters. The summed E-state index contributed by atoms with van der Waals surface area (Å²) in [6.07, 6.45) is 0. The number of aryl methyl sites for hydroxylation is 3. The molecule has 0 saturated carbocycles. The zero-order chi connectivity index (χ0) is 15.6. The summed E-state index contributed by atoms with van der Waals surface area (Å²) in [4.78, 5) is 0. The predicted molar refractivity (Wildman–Crippen MR) is 82.5 cm³/mol. The molecule has 2 aromatic rings. The third-order valence-corrected chi connectivity index (χ3v) is 3.72. The first-order valence-electron chi connectivity index (χ1n) is 7.20. The summed E-state index contributed by atoms with van der Waals surface area (Å²) < 4.78 is 27.8. The number of hydrogen-bond donors (Lipinski definition) is 1. The summed E-state index contributed by atoms with van der Waals surface area (Å²) in [6.45, 7) is 8.35. The molecular formula is C18H21F2N. The quantitative estimate of drug-likeness (QED) is 0.868. The largest absolute Gasteiger partial charge is 0.306 e. The monoisotopic (exact) mass is 289 g/mol. The molecule has 1 nitrogen and oxygen atoms in total. The van der Waals surface area contributed by atoms with Gasteiger partial charge in [0.05, 0.1) is 6.04 Å². The van der Waals surface area contributed by atoms with Crippen molar-refractivity contribution in [2.45, 2.75) is 33.7 Å². The molecule has 0 saturated heterocycles. The molecule has 1 N–H and O–H groups in total. The number of hydrogen-bond acceptors (Lipinski definition) is 1. The van der Waals surface area contributed by atoms with Gasteiger partial charge in [-0.15, -0.1) is 0 Å². The van der Waals surface area contributed by atoms with Gasteiger partial charge >= 0.3 is 0 Å². The molecule has 0 aromatic heterocycles. The van der Waals surface area contributed by atoms with E-state index in [4.69, 9.17) is 0 Å². The van der Waals surface area contributed by atoms with Gasteiger partial charge in [-0.25, -0.2) is 8.78 Å². The summed E-state index contributed by atoms with van der Waals surface area (Å²) in [5.74, 6) is -0.497. The Morgan fingerprint density at radius 1 is 1.00 bits per heavy atom. The molecule has 0 fully saturated rings. The van der Waals surface area contributed by atoms with E-state index in [0.717, 1.165) is 22.3 Å². The summed E-state index contributed by atoms with van der Waals surface area (Å²) in [7, 11) is 0. The minimum Gasteiger partial charge on any atom is -0.306 e. The molecule has 0 heterocycles. The topological polar surface area (TPSA) is 12.0 Å². The van der Waals surface area contributed by atoms with Gasteiger partial charge in [0.1, 0.15) is 11.6 Å². The van der Waals surface area contributed by atoms with Gasteiger partial charge in [-0.1, -0.05) is 24.6 Å². The average molecular weight is 289 g/mol. The van der Waals surface area contributed by atoms with Crippen molar-refractivity contribution in [2.24, 2.45) is 0 Å². The third kappa shape index (κ3) is 3.30. The van der Waals surface area contributed by atoms with Gasteiger partial charge in [0, 0.05) is 5.56 Å². The van der Waals surface area contributed by atoms with E-state index in [9.17, 15) is 8.78 Å². The lowest BCUT2D eigenvalue weighted by Crippen LogP contribution is -2.25. The van der Waals surface area contributed by atoms with Crippen molar-refractivity contribution < 1.29 is 8.78 Å². The summed E-state index contributed by atoms with van der Waals surface area (Å²) in [5, 5.41) is 3.32. The molecule has 2 rings (SSSR count). The highest BCUT2D eigenvalue weighted by molar-refractivity contribution is 5.43. The van der Waals surface area contributed by atoms with E-state index in [1.165, 1.54) is 18.2 Å². The molecule has 21 heavy (non-hydrogen) atoms. The van der Waals surface area contributed by atoms with Crippen molar-refractivity contribution >= 4 is 0 Å². The molecule has 0 aliphatic rings. The molecule has 0 bridgehead atoms. The fourth-order valence-corrected chi connectivity index (χ4v) is 2.83. The van der Waals surface area contributed by atoms with Crippen LogP contribution in [-0.4, -0.2) is 6.54 Å². The Balaban J connectivity index is 2.61. The molecule has 112 valence electrons. The normalized spacial score (nSPS) is 12.5. The van der Waals surface area contributed by atoms with Crippen LogP contribution >= 0.6 is 0 Å². The van der Waals surface area contributed by atoms with Crippen molar-refractivity contribution in [1.82, 2.24) is 5.32 Å². The molecule has 0 radical (unpaired) electrons. The van der Waals surface area contributed by atoms with Crippen molar-refractivity contribution in [1.29, 1.82) is 0 Å². The lowest BCUT2D eigenvalue weighted by atomic mass is 9.90. The van der Waals surface area contributed by atoms with Gasteiger partial charge in [0.25, 0.3) is 0 Å². The summed E-state index contributed by atoms with van der Waals surface area (Å²) in [5.41, 5.74) is 4.22. The lowest BCUT2D eigenvalue weighted by molar-refractivity contribution is 0.554. The minimum atomic E-state index is -0.268. The molecule has 1 atom stereocenters. The van der Waals surface area contributed by atoms with Crippen LogP contribution in [0.15, 0.2) is 30.3 Å². The Hall–Kier alpha value is -1.74. The van der Waals surface area contributed by atoms with Gasteiger partial charge in [-0.05, 0) is 62.2 Å². The fraction of sp³-hybridized carbons (Fsp3) is 0.333. The van der Waals surface area contributed by atoms with Crippen LogP contribution in [0.1, 0.15) is 40.8 Å². The van der Waals surface area contributed by atoms with E-state index >= 15 is 0 Å². The average Bonchev–Trinajstić information content (AvgIpc) is 2.39. The Kier molecular flexibility index (Phi) is 4.73. The third-order valence-electron chi connectivity index (χ3n) is 3.72. The molecule has 3 heteroatoms. The second-order valence-electron chi connectivity index (χ2n) is 5.47. The van der Waals surface area contributed by atoms with Crippen LogP contribution in [0.2, 0.25) is 0 Å². The van der Waals surface area contributed by atoms with E-state index < -0.39 is 0 Å². The molecule has 0 aliphatic carbocycles. The van der Waals surface area contributed by atoms with E-state index in [1.54, 1.807) is 6.07 Å². The number of benzene rings is 2. The van der Waals surface area contributed by atoms with Crippen LogP contribution in [0.3, 0.4) is 0 Å². The van der Waals surface area contributed by atoms with E-state index in [0.29, 0.717) is 12.1 Å². The number of rotatable bonds is 4. The maximum Gasteiger partial charge on any atom is 0.128 e. The van der Waals surface area contributed by atoms with Crippen LogP contribution in [0.5, 0.6) is 0 Å². The highest BCUT2D eigenvalue weighted by Gasteiger charge is 2.21. The first kappa shape index (κ1) is 15.6. The second-order valence-corrected chi connectivity index (χ2v) is 5.47. The van der Waals surface area contributed by atoms with Crippen molar-refractivity contribution in [2.75, 3.05) is 6.54 Å². The van der Waals surface area contributed by atoms with Gasteiger partial charge < -0.3 is 5.32 Å². The van der Waals surface area contributed by atoms with Crippen LogP contribution in [0, 0.1) is 32.4 Å². The second kappa shape index (κ2) is 6.35.